The fourth-order valence-corrected chi connectivity index (χ4v) is 1.28. The van der Waals surface area contributed by atoms with Gasteiger partial charge >= 0.3 is 17.8 Å². The number of hydrogen-bond donors (Lipinski definition) is 0. The summed E-state index contributed by atoms with van der Waals surface area (Å²) in [6.07, 6.45) is -4.34. The zero-order chi connectivity index (χ0) is 14.6. The van der Waals surface area contributed by atoms with Crippen molar-refractivity contribution in [2.24, 2.45) is 0 Å². The number of rotatable bonds is 5. The highest BCUT2D eigenvalue weighted by molar-refractivity contribution is 6.30. The Morgan fingerprint density at radius 1 is 1.53 bits per heavy atom. The molecule has 19 heavy (non-hydrogen) atoms. The number of benzene rings is 1. The molecule has 0 aliphatic carbocycles. The predicted molar refractivity (Wildman–Crippen MR) is 60.3 cm³/mol. The average Bonchev–Trinajstić information content (AvgIpc) is 2.28. The van der Waals surface area contributed by atoms with Crippen LogP contribution in [0.1, 0.15) is 6.92 Å². The van der Waals surface area contributed by atoms with Gasteiger partial charge in [0, 0.05) is 17.2 Å². The van der Waals surface area contributed by atoms with Crippen molar-refractivity contribution in [3.8, 4) is 5.75 Å². The lowest BCUT2D eigenvalue weighted by molar-refractivity contribution is -0.387. The van der Waals surface area contributed by atoms with Crippen LogP contribution in [0.3, 0.4) is 0 Å². The van der Waals surface area contributed by atoms with Gasteiger partial charge in [-0.2, -0.15) is 8.78 Å². The number of hydrogen-bond acceptors (Lipinski definition) is 5. The number of nitro groups is 1. The van der Waals surface area contributed by atoms with Crippen LogP contribution in [0.25, 0.3) is 0 Å². The van der Waals surface area contributed by atoms with E-state index in [1.807, 2.05) is 0 Å². The highest BCUT2D eigenvalue weighted by Gasteiger charge is 2.45. The smallest absolute Gasteiger partial charge is 0.459 e. The van der Waals surface area contributed by atoms with Gasteiger partial charge in [0.2, 0.25) is 5.75 Å². The molecule has 0 fully saturated rings. The van der Waals surface area contributed by atoms with Crippen LogP contribution < -0.4 is 4.74 Å². The van der Waals surface area contributed by atoms with Gasteiger partial charge in [0.1, 0.15) is 0 Å². The second-order valence-electron chi connectivity index (χ2n) is 3.21. The van der Waals surface area contributed by atoms with Crippen LogP contribution in [0.15, 0.2) is 18.2 Å². The van der Waals surface area contributed by atoms with Crippen molar-refractivity contribution in [3.05, 3.63) is 33.3 Å². The Morgan fingerprint density at radius 3 is 2.68 bits per heavy atom. The van der Waals surface area contributed by atoms with E-state index in [0.29, 0.717) is 0 Å². The maximum Gasteiger partial charge on any atom is 0.502 e. The number of nitro benzene ring substituents is 1. The Balaban J connectivity index is 3.07. The summed E-state index contributed by atoms with van der Waals surface area (Å²) in [5.74, 6) is -2.76. The van der Waals surface area contributed by atoms with Gasteiger partial charge in [-0.3, -0.25) is 10.1 Å². The van der Waals surface area contributed by atoms with Gasteiger partial charge in [-0.05, 0) is 13.0 Å². The van der Waals surface area contributed by atoms with Gasteiger partial charge in [-0.15, -0.1) is 0 Å². The van der Waals surface area contributed by atoms with E-state index in [-0.39, 0.29) is 11.6 Å². The molecular formula is C10H8ClF2NO5. The first-order valence-corrected chi connectivity index (χ1v) is 5.33. The number of ether oxygens (including phenoxy) is 2. The summed E-state index contributed by atoms with van der Waals surface area (Å²) >= 11 is 5.53. The lowest BCUT2D eigenvalue weighted by Gasteiger charge is -2.15. The molecule has 0 aromatic heterocycles. The largest absolute Gasteiger partial charge is 0.502 e. The quantitative estimate of drug-likeness (QED) is 0.474. The first-order valence-electron chi connectivity index (χ1n) is 4.96. The molecule has 6 nitrogen and oxygen atoms in total. The van der Waals surface area contributed by atoms with Gasteiger partial charge in [-0.1, -0.05) is 11.6 Å². The Hall–Kier alpha value is -1.96. The van der Waals surface area contributed by atoms with Crippen LogP contribution in [-0.4, -0.2) is 23.6 Å². The second kappa shape index (κ2) is 5.79. The molecule has 0 saturated heterocycles. The van der Waals surface area contributed by atoms with Crippen molar-refractivity contribution < 1.29 is 28.0 Å². The first kappa shape index (κ1) is 15.1. The van der Waals surface area contributed by atoms with Crippen molar-refractivity contribution in [2.45, 2.75) is 13.0 Å². The molecule has 104 valence electrons. The number of nitrogens with zero attached hydrogens (tertiary/aromatic N) is 1. The highest BCUT2D eigenvalue weighted by atomic mass is 35.5. The van der Waals surface area contributed by atoms with Gasteiger partial charge in [0.05, 0.1) is 11.5 Å². The lowest BCUT2D eigenvalue weighted by atomic mass is 10.3. The third-order valence-electron chi connectivity index (χ3n) is 1.87. The number of carbonyl (C=O) groups is 1. The molecule has 0 bridgehead atoms. The molecule has 0 amide bonds. The van der Waals surface area contributed by atoms with E-state index >= 15 is 0 Å². The fourth-order valence-electron chi connectivity index (χ4n) is 1.12. The molecule has 0 radical (unpaired) electrons. The van der Waals surface area contributed by atoms with Crippen molar-refractivity contribution in [2.75, 3.05) is 6.61 Å². The summed E-state index contributed by atoms with van der Waals surface area (Å²) in [6.45, 7) is 1.05. The summed E-state index contributed by atoms with van der Waals surface area (Å²) < 4.78 is 34.8. The summed E-state index contributed by atoms with van der Waals surface area (Å²) in [7, 11) is 0. The van der Waals surface area contributed by atoms with Crippen LogP contribution in [-0.2, 0) is 9.53 Å². The zero-order valence-corrected chi connectivity index (χ0v) is 10.3. The average molecular weight is 296 g/mol. The standard InChI is InChI=1S/C10H8ClF2NO5/c1-2-18-9(15)10(12,13)19-8-5-6(11)3-4-7(8)14(16)17/h3-5H,2H2,1H3. The van der Waals surface area contributed by atoms with E-state index in [1.165, 1.54) is 6.92 Å². The third kappa shape index (κ3) is 3.75. The normalized spacial score (nSPS) is 10.9. The Kier molecular flexibility index (Phi) is 4.60. The van der Waals surface area contributed by atoms with Crippen LogP contribution in [0.5, 0.6) is 5.75 Å². The molecule has 0 aliphatic rings. The number of halogens is 3. The topological polar surface area (TPSA) is 78.7 Å². The van der Waals surface area contributed by atoms with Gasteiger partial charge in [0.15, 0.2) is 0 Å². The van der Waals surface area contributed by atoms with Crippen LogP contribution >= 0.6 is 11.6 Å². The van der Waals surface area contributed by atoms with Crippen molar-refractivity contribution in [1.29, 1.82) is 0 Å². The van der Waals surface area contributed by atoms with E-state index < -0.39 is 28.4 Å². The maximum atomic E-state index is 13.3. The number of alkyl halides is 2. The number of carbonyl (C=O) groups excluding carboxylic acids is 1. The molecule has 1 aromatic rings. The van der Waals surface area contributed by atoms with Crippen LogP contribution in [0.2, 0.25) is 5.02 Å². The van der Waals surface area contributed by atoms with E-state index in [0.717, 1.165) is 18.2 Å². The van der Waals surface area contributed by atoms with E-state index in [4.69, 9.17) is 11.6 Å². The molecule has 1 rings (SSSR count). The van der Waals surface area contributed by atoms with Gasteiger partial charge < -0.3 is 9.47 Å². The summed E-state index contributed by atoms with van der Waals surface area (Å²) in [6, 6.07) is 2.83. The molecule has 0 N–H and O–H groups in total. The minimum atomic E-state index is -4.34. The Labute approximate surface area is 111 Å². The van der Waals surface area contributed by atoms with E-state index in [9.17, 15) is 23.7 Å². The molecule has 0 spiro atoms. The predicted octanol–water partition coefficient (Wildman–Crippen LogP) is 2.78. The van der Waals surface area contributed by atoms with Crippen LogP contribution in [0.4, 0.5) is 14.5 Å². The fraction of sp³-hybridized carbons (Fsp3) is 0.300. The molecular weight excluding hydrogens is 288 g/mol. The van der Waals surface area contributed by atoms with Crippen molar-refractivity contribution in [1.82, 2.24) is 0 Å². The Morgan fingerprint density at radius 2 is 2.16 bits per heavy atom. The lowest BCUT2D eigenvalue weighted by Crippen LogP contribution is -2.37. The first-order chi connectivity index (χ1) is 8.77. The van der Waals surface area contributed by atoms with E-state index in [2.05, 4.69) is 9.47 Å². The molecule has 0 unspecified atom stereocenters. The monoisotopic (exact) mass is 295 g/mol. The summed E-state index contributed by atoms with van der Waals surface area (Å²) in [5, 5.41) is 10.6. The molecule has 0 atom stereocenters. The summed E-state index contributed by atoms with van der Waals surface area (Å²) in [4.78, 5) is 20.6. The second-order valence-corrected chi connectivity index (χ2v) is 3.64. The minimum absolute atomic E-state index is 0.0553. The van der Waals surface area contributed by atoms with Gasteiger partial charge in [0.25, 0.3) is 0 Å². The molecule has 0 heterocycles. The third-order valence-corrected chi connectivity index (χ3v) is 2.10. The van der Waals surface area contributed by atoms with Gasteiger partial charge in [-0.25, -0.2) is 4.79 Å². The molecule has 0 saturated carbocycles. The van der Waals surface area contributed by atoms with Crippen LogP contribution in [0, 0.1) is 10.1 Å². The van der Waals surface area contributed by atoms with E-state index in [1.54, 1.807) is 0 Å². The summed E-state index contributed by atoms with van der Waals surface area (Å²) in [5.41, 5.74) is -0.742. The molecule has 0 aliphatic heterocycles. The Bertz CT molecular complexity index is 509. The SMILES string of the molecule is CCOC(=O)C(F)(F)Oc1cc(Cl)ccc1[N+](=O)[O-]. The zero-order valence-electron chi connectivity index (χ0n) is 9.56. The highest BCUT2D eigenvalue weighted by Crippen LogP contribution is 2.34. The number of esters is 1. The maximum absolute atomic E-state index is 13.3. The van der Waals surface area contributed by atoms with Crippen molar-refractivity contribution in [3.63, 3.8) is 0 Å². The molecule has 9 heteroatoms. The molecule has 1 aromatic carbocycles. The minimum Gasteiger partial charge on any atom is -0.459 e. The van der Waals surface area contributed by atoms with Crippen molar-refractivity contribution >= 4 is 23.3 Å².